The molecule has 2 heterocycles. The van der Waals surface area contributed by atoms with E-state index >= 15 is 0 Å². The highest BCUT2D eigenvalue weighted by Gasteiger charge is 2.20. The smallest absolute Gasteiger partial charge is 0.335 e. The van der Waals surface area contributed by atoms with Gasteiger partial charge in [0, 0.05) is 18.7 Å². The lowest BCUT2D eigenvalue weighted by atomic mass is 9.98. The van der Waals surface area contributed by atoms with Gasteiger partial charge in [0.1, 0.15) is 17.8 Å². The summed E-state index contributed by atoms with van der Waals surface area (Å²) in [7, 11) is 0. The van der Waals surface area contributed by atoms with Gasteiger partial charge in [0.25, 0.3) is 5.95 Å². The summed E-state index contributed by atoms with van der Waals surface area (Å²) in [6.45, 7) is 10.2. The Morgan fingerprint density at radius 1 is 1.02 bits per heavy atom. The molecule has 1 N–H and O–H groups in total. The van der Waals surface area contributed by atoms with Crippen molar-refractivity contribution < 1.29 is 9.90 Å². The molecule has 0 fully saturated rings. The average Bonchev–Trinajstić information content (AvgIpc) is 3.57. The van der Waals surface area contributed by atoms with Crippen LogP contribution >= 0.6 is 11.3 Å². The average molecular weight is 567 g/mol. The highest BCUT2D eigenvalue weighted by atomic mass is 32.1. The lowest BCUT2D eigenvalue weighted by Crippen LogP contribution is -2.21. The number of rotatable bonds is 11. The zero-order valence-corrected chi connectivity index (χ0v) is 24.2. The molecule has 4 rings (SSSR count). The zero-order valence-electron chi connectivity index (χ0n) is 23.4. The Morgan fingerprint density at radius 3 is 2.27 bits per heavy atom. The van der Waals surface area contributed by atoms with Crippen LogP contribution in [0.3, 0.4) is 0 Å². The number of aromatic carboxylic acids is 1. The van der Waals surface area contributed by atoms with Crippen LogP contribution in [-0.2, 0) is 6.54 Å². The summed E-state index contributed by atoms with van der Waals surface area (Å²) in [4.78, 5) is 22.5. The minimum absolute atomic E-state index is 0.0182. The highest BCUT2D eigenvalue weighted by Crippen LogP contribution is 2.40. The summed E-state index contributed by atoms with van der Waals surface area (Å²) >= 11 is 1.35. The summed E-state index contributed by atoms with van der Waals surface area (Å²) in [5, 5.41) is 38.9. The monoisotopic (exact) mass is 566 g/mol. The minimum atomic E-state index is -1.01. The van der Waals surface area contributed by atoms with Gasteiger partial charge in [0.2, 0.25) is 0 Å². The maximum Gasteiger partial charge on any atom is 0.335 e. The van der Waals surface area contributed by atoms with Crippen molar-refractivity contribution in [2.24, 2.45) is 10.2 Å². The number of hydrogen-bond acceptors (Lipinski definition) is 9. The molecule has 0 saturated heterocycles. The zero-order chi connectivity index (χ0) is 29.5. The second-order valence-electron chi connectivity index (χ2n) is 9.37. The van der Waals surface area contributed by atoms with Gasteiger partial charge in [-0.15, -0.1) is 10.2 Å². The van der Waals surface area contributed by atoms with Gasteiger partial charge >= 0.3 is 5.97 Å². The summed E-state index contributed by atoms with van der Waals surface area (Å²) in [6, 6.07) is 18.7. The van der Waals surface area contributed by atoms with E-state index in [0.29, 0.717) is 28.7 Å². The number of imidazole rings is 1. The van der Waals surface area contributed by atoms with E-state index < -0.39 is 5.97 Å². The van der Waals surface area contributed by atoms with E-state index in [1.165, 1.54) is 29.0 Å². The Balaban J connectivity index is 1.76. The standard InChI is InChI=1S/C30H30N8O2S/c1-5-19(4)21-10-8-20(9-11-21)18-38-25(17-32)24(16-31)33-29(38)36-35-27-26(34-30(41-27)37(6-2)7-3)22-12-14-23(15-13-22)28(39)40/h8-15,19H,5-7,18H2,1-4H3,(H,39,40)/b36-35+. The molecule has 2 aromatic heterocycles. The van der Waals surface area contributed by atoms with Gasteiger partial charge < -0.3 is 10.0 Å². The first-order valence-electron chi connectivity index (χ1n) is 13.3. The molecule has 10 nitrogen and oxygen atoms in total. The number of hydrogen-bond donors (Lipinski definition) is 1. The normalized spacial score (nSPS) is 11.8. The van der Waals surface area contributed by atoms with E-state index in [-0.39, 0.29) is 22.9 Å². The van der Waals surface area contributed by atoms with E-state index in [1.54, 1.807) is 16.7 Å². The van der Waals surface area contributed by atoms with Crippen molar-refractivity contribution in [3.63, 3.8) is 0 Å². The van der Waals surface area contributed by atoms with Gasteiger partial charge in [-0.25, -0.2) is 9.78 Å². The molecule has 0 bridgehead atoms. The van der Waals surface area contributed by atoms with E-state index in [2.05, 4.69) is 52.2 Å². The van der Waals surface area contributed by atoms with Crippen LogP contribution in [0.4, 0.5) is 16.1 Å². The molecule has 0 radical (unpaired) electrons. The first-order chi connectivity index (χ1) is 19.8. The third-order valence-corrected chi connectivity index (χ3v) is 7.93. The Hall–Kier alpha value is -4.87. The van der Waals surface area contributed by atoms with Gasteiger partial charge in [0.05, 0.1) is 12.1 Å². The molecule has 0 aliphatic heterocycles. The predicted octanol–water partition coefficient (Wildman–Crippen LogP) is 7.27. The van der Waals surface area contributed by atoms with Crippen molar-refractivity contribution in [3.8, 4) is 23.4 Å². The van der Waals surface area contributed by atoms with Crippen LogP contribution in [0.2, 0.25) is 0 Å². The van der Waals surface area contributed by atoms with Crippen molar-refractivity contribution in [2.75, 3.05) is 18.0 Å². The number of thiazole rings is 1. The number of carboxylic acid groups (broad SMARTS) is 1. The number of azo groups is 1. The SMILES string of the molecule is CCC(C)c1ccc(Cn2c(/N=N/c3sc(N(CC)CC)nc3-c3ccc(C(=O)O)cc3)nc(C#N)c2C#N)cc1. The molecule has 208 valence electrons. The molecule has 0 saturated carbocycles. The number of aromatic nitrogens is 3. The van der Waals surface area contributed by atoms with Gasteiger partial charge in [-0.05, 0) is 49.4 Å². The molecule has 41 heavy (non-hydrogen) atoms. The summed E-state index contributed by atoms with van der Waals surface area (Å²) in [6.07, 6.45) is 1.04. The topological polar surface area (TPSA) is 144 Å². The van der Waals surface area contributed by atoms with Crippen LogP contribution in [0.15, 0.2) is 58.8 Å². The van der Waals surface area contributed by atoms with Crippen LogP contribution in [0.5, 0.6) is 0 Å². The molecule has 0 amide bonds. The molecular weight excluding hydrogens is 536 g/mol. The van der Waals surface area contributed by atoms with Gasteiger partial charge in [-0.2, -0.15) is 15.5 Å². The van der Waals surface area contributed by atoms with Crippen LogP contribution < -0.4 is 4.90 Å². The fourth-order valence-corrected chi connectivity index (χ4v) is 5.31. The second-order valence-corrected chi connectivity index (χ2v) is 10.3. The second kappa shape index (κ2) is 13.0. The Bertz CT molecular complexity index is 1640. The maximum absolute atomic E-state index is 11.3. The van der Waals surface area contributed by atoms with Crippen molar-refractivity contribution in [1.82, 2.24) is 14.5 Å². The molecular formula is C30H30N8O2S. The Kier molecular flexibility index (Phi) is 9.23. The molecule has 0 aliphatic rings. The van der Waals surface area contributed by atoms with Gasteiger partial charge in [-0.1, -0.05) is 61.6 Å². The van der Waals surface area contributed by atoms with E-state index in [1.807, 2.05) is 32.0 Å². The van der Waals surface area contributed by atoms with E-state index in [4.69, 9.17) is 4.98 Å². The number of nitriles is 2. The van der Waals surface area contributed by atoms with Crippen molar-refractivity contribution in [1.29, 1.82) is 10.5 Å². The number of anilines is 1. The van der Waals surface area contributed by atoms with Gasteiger partial charge in [0.15, 0.2) is 21.5 Å². The van der Waals surface area contributed by atoms with Crippen LogP contribution in [-0.4, -0.2) is 38.7 Å². The Labute approximate surface area is 242 Å². The quantitative estimate of drug-likeness (QED) is 0.188. The number of carbonyl (C=O) groups is 1. The molecule has 0 aliphatic carbocycles. The lowest BCUT2D eigenvalue weighted by Gasteiger charge is -2.16. The van der Waals surface area contributed by atoms with Crippen molar-refractivity contribution >= 4 is 33.4 Å². The minimum Gasteiger partial charge on any atom is -0.478 e. The van der Waals surface area contributed by atoms with Crippen molar-refractivity contribution in [2.45, 2.75) is 46.6 Å². The van der Waals surface area contributed by atoms with Crippen molar-refractivity contribution in [3.05, 3.63) is 76.6 Å². The molecule has 4 aromatic rings. The molecule has 2 aromatic carbocycles. The van der Waals surface area contributed by atoms with Crippen LogP contribution in [0.25, 0.3) is 11.3 Å². The van der Waals surface area contributed by atoms with Gasteiger partial charge in [-0.3, -0.25) is 4.57 Å². The fourth-order valence-electron chi connectivity index (χ4n) is 4.28. The maximum atomic E-state index is 11.3. The highest BCUT2D eigenvalue weighted by molar-refractivity contribution is 7.19. The molecule has 0 spiro atoms. The third-order valence-electron chi connectivity index (χ3n) is 6.93. The van der Waals surface area contributed by atoms with Crippen LogP contribution in [0, 0.1) is 22.7 Å². The largest absolute Gasteiger partial charge is 0.478 e. The fraction of sp³-hybridized carbons (Fsp3) is 0.300. The third kappa shape index (κ3) is 6.32. The molecule has 1 unspecified atom stereocenters. The first kappa shape index (κ1) is 29.1. The number of nitrogens with zero attached hydrogens (tertiary/aromatic N) is 8. The lowest BCUT2D eigenvalue weighted by molar-refractivity contribution is 0.0697. The molecule has 11 heteroatoms. The predicted molar refractivity (Wildman–Crippen MR) is 158 cm³/mol. The molecule has 1 atom stereocenters. The summed E-state index contributed by atoms with van der Waals surface area (Å²) in [5.41, 5.74) is 3.69. The Morgan fingerprint density at radius 2 is 1.71 bits per heavy atom. The van der Waals surface area contributed by atoms with E-state index in [0.717, 1.165) is 30.2 Å². The summed E-state index contributed by atoms with van der Waals surface area (Å²) < 4.78 is 1.59. The first-order valence-corrected chi connectivity index (χ1v) is 14.2. The van der Waals surface area contributed by atoms with E-state index in [9.17, 15) is 20.4 Å². The van der Waals surface area contributed by atoms with Crippen LogP contribution in [0.1, 0.15) is 72.9 Å². The number of benzene rings is 2. The number of carboxylic acids is 1. The summed E-state index contributed by atoms with van der Waals surface area (Å²) in [5.74, 6) is -0.438.